The molecule has 130 valence electrons. The van der Waals surface area contributed by atoms with Gasteiger partial charge in [-0.25, -0.2) is 0 Å². The number of phenols is 1. The molecule has 2 aromatic rings. The first-order chi connectivity index (χ1) is 12.3. The van der Waals surface area contributed by atoms with Crippen molar-refractivity contribution in [1.29, 1.82) is 0 Å². The molecule has 0 aliphatic carbocycles. The summed E-state index contributed by atoms with van der Waals surface area (Å²) in [6.45, 7) is 2.22. The third kappa shape index (κ3) is 7.17. The maximum atomic E-state index is 9.73. The summed E-state index contributed by atoms with van der Waals surface area (Å²) >= 11 is 0. The van der Waals surface area contributed by atoms with Gasteiger partial charge in [0.1, 0.15) is 5.75 Å². The summed E-state index contributed by atoms with van der Waals surface area (Å²) in [5.41, 5.74) is 3.00. The number of unbranched alkanes of at least 4 members (excludes halogenated alkanes) is 3. The van der Waals surface area contributed by atoms with Crippen LogP contribution < -0.4 is 0 Å². The van der Waals surface area contributed by atoms with Crippen LogP contribution in [0.1, 0.15) is 50.2 Å². The number of hydrogen-bond donors (Lipinski definition) is 1. The molecule has 0 radical (unpaired) electrons. The fraction of sp³-hybridized carbons (Fsp3) is 0.273. The summed E-state index contributed by atoms with van der Waals surface area (Å²) in [6.07, 6.45) is 11.4. The molecule has 0 spiro atoms. The lowest BCUT2D eigenvalue weighted by molar-refractivity contribution is 0.474. The first-order valence-electron chi connectivity index (χ1n) is 8.89. The van der Waals surface area contributed by atoms with E-state index in [1.807, 2.05) is 30.5 Å². The van der Waals surface area contributed by atoms with E-state index >= 15 is 0 Å². The molecule has 2 rings (SSSR count). The Kier molecular flexibility index (Phi) is 8.19. The molecular formula is C22H26N2O. The van der Waals surface area contributed by atoms with Crippen LogP contribution in [0, 0.1) is 0 Å². The molecule has 0 aliphatic heterocycles. The van der Waals surface area contributed by atoms with Crippen molar-refractivity contribution in [3.8, 4) is 5.75 Å². The summed E-state index contributed by atoms with van der Waals surface area (Å²) in [5, 5.41) is 18.0. The van der Waals surface area contributed by atoms with Crippen LogP contribution in [0.25, 0.3) is 6.08 Å². The standard InChI is InChI=1S/C22H26N2O/c1-2-3-4-6-13-20(16-19-11-7-5-8-12-19)17-23-24-18-21-14-9-10-15-22(21)25/h5,7-12,14-18,25H,2-4,6,13H2,1H3/b20-16+,23-17+,24-18-. The normalized spacial score (nSPS) is 12.3. The summed E-state index contributed by atoms with van der Waals surface area (Å²) in [5.74, 6) is 0.209. The van der Waals surface area contributed by atoms with Crippen LogP contribution in [0.5, 0.6) is 5.75 Å². The van der Waals surface area contributed by atoms with Gasteiger partial charge in [-0.15, -0.1) is 0 Å². The predicted octanol–water partition coefficient (Wildman–Crippen LogP) is 5.85. The molecule has 3 nitrogen and oxygen atoms in total. The molecular weight excluding hydrogens is 308 g/mol. The Hall–Kier alpha value is -2.68. The van der Waals surface area contributed by atoms with E-state index in [0.717, 1.165) is 18.4 Å². The maximum Gasteiger partial charge on any atom is 0.124 e. The second kappa shape index (κ2) is 11.0. The van der Waals surface area contributed by atoms with Crippen LogP contribution in [0.2, 0.25) is 0 Å². The van der Waals surface area contributed by atoms with Gasteiger partial charge < -0.3 is 5.11 Å². The highest BCUT2D eigenvalue weighted by Gasteiger charge is 1.97. The average Bonchev–Trinajstić information content (AvgIpc) is 2.64. The average molecular weight is 334 g/mol. The molecule has 3 heteroatoms. The van der Waals surface area contributed by atoms with Crippen molar-refractivity contribution >= 4 is 18.5 Å². The zero-order valence-corrected chi connectivity index (χ0v) is 14.8. The summed E-state index contributed by atoms with van der Waals surface area (Å²) in [6, 6.07) is 17.4. The lowest BCUT2D eigenvalue weighted by Crippen LogP contribution is -1.88. The van der Waals surface area contributed by atoms with Gasteiger partial charge in [-0.1, -0.05) is 74.7 Å². The molecule has 1 N–H and O–H groups in total. The van der Waals surface area contributed by atoms with Gasteiger partial charge in [-0.05, 0) is 36.1 Å². The molecule has 0 unspecified atom stereocenters. The molecule has 0 heterocycles. The number of hydrogen-bond acceptors (Lipinski definition) is 3. The van der Waals surface area contributed by atoms with Crippen molar-refractivity contribution in [2.75, 3.05) is 0 Å². The van der Waals surface area contributed by atoms with Gasteiger partial charge in [0.15, 0.2) is 0 Å². The molecule has 0 aromatic heterocycles. The Labute approximate surface area is 150 Å². The summed E-state index contributed by atoms with van der Waals surface area (Å²) in [7, 11) is 0. The number of rotatable bonds is 9. The van der Waals surface area contributed by atoms with E-state index in [9.17, 15) is 5.11 Å². The lowest BCUT2D eigenvalue weighted by atomic mass is 10.0. The monoisotopic (exact) mass is 334 g/mol. The molecule has 0 saturated heterocycles. The Morgan fingerprint density at radius 3 is 2.44 bits per heavy atom. The quantitative estimate of drug-likeness (QED) is 0.349. The van der Waals surface area contributed by atoms with Crippen molar-refractivity contribution in [1.82, 2.24) is 0 Å². The van der Waals surface area contributed by atoms with Crippen LogP contribution in [-0.4, -0.2) is 17.5 Å². The van der Waals surface area contributed by atoms with Crippen LogP contribution in [0.3, 0.4) is 0 Å². The SMILES string of the molecule is CCCCCCC(/C=N/N=C\c1ccccc1O)=C\c1ccccc1. The van der Waals surface area contributed by atoms with Crippen molar-refractivity contribution in [2.24, 2.45) is 10.2 Å². The lowest BCUT2D eigenvalue weighted by Gasteiger charge is -2.02. The Morgan fingerprint density at radius 1 is 0.920 bits per heavy atom. The number of allylic oxidation sites excluding steroid dienone is 1. The van der Waals surface area contributed by atoms with Crippen molar-refractivity contribution in [3.05, 3.63) is 71.3 Å². The topological polar surface area (TPSA) is 45.0 Å². The number of phenolic OH excluding ortho intramolecular Hbond substituents is 1. The van der Waals surface area contributed by atoms with E-state index in [1.165, 1.54) is 24.8 Å². The van der Waals surface area contributed by atoms with E-state index in [-0.39, 0.29) is 5.75 Å². The zero-order chi connectivity index (χ0) is 17.7. The van der Waals surface area contributed by atoms with Crippen LogP contribution in [0.15, 0.2) is 70.4 Å². The largest absolute Gasteiger partial charge is 0.507 e. The minimum atomic E-state index is 0.209. The van der Waals surface area contributed by atoms with E-state index in [1.54, 1.807) is 24.4 Å². The van der Waals surface area contributed by atoms with Gasteiger partial charge in [-0.3, -0.25) is 0 Å². The number of aromatic hydroxyl groups is 1. The third-order valence-corrected chi connectivity index (χ3v) is 3.89. The molecule has 0 aliphatic rings. The Balaban J connectivity index is 2.04. The highest BCUT2D eigenvalue weighted by atomic mass is 16.3. The van der Waals surface area contributed by atoms with Crippen molar-refractivity contribution < 1.29 is 5.11 Å². The van der Waals surface area contributed by atoms with Gasteiger partial charge in [0.2, 0.25) is 0 Å². The van der Waals surface area contributed by atoms with Gasteiger partial charge in [0.05, 0.1) is 12.4 Å². The van der Waals surface area contributed by atoms with Gasteiger partial charge >= 0.3 is 0 Å². The van der Waals surface area contributed by atoms with Crippen LogP contribution in [0.4, 0.5) is 0 Å². The number of nitrogens with zero attached hydrogens (tertiary/aromatic N) is 2. The second-order valence-corrected chi connectivity index (χ2v) is 5.99. The smallest absolute Gasteiger partial charge is 0.124 e. The van der Waals surface area contributed by atoms with Gasteiger partial charge in [-0.2, -0.15) is 10.2 Å². The van der Waals surface area contributed by atoms with Crippen molar-refractivity contribution in [2.45, 2.75) is 39.0 Å². The molecule has 2 aromatic carbocycles. The minimum absolute atomic E-state index is 0.209. The van der Waals surface area contributed by atoms with Crippen LogP contribution in [-0.2, 0) is 0 Å². The summed E-state index contributed by atoms with van der Waals surface area (Å²) in [4.78, 5) is 0. The fourth-order valence-corrected chi connectivity index (χ4v) is 2.49. The Bertz CT molecular complexity index is 718. The Morgan fingerprint density at radius 2 is 1.68 bits per heavy atom. The highest BCUT2D eigenvalue weighted by molar-refractivity contribution is 5.87. The molecule has 0 amide bonds. The third-order valence-electron chi connectivity index (χ3n) is 3.89. The minimum Gasteiger partial charge on any atom is -0.507 e. The summed E-state index contributed by atoms with van der Waals surface area (Å²) < 4.78 is 0. The molecule has 0 bridgehead atoms. The van der Waals surface area contributed by atoms with Gasteiger partial charge in [0, 0.05) is 5.56 Å². The molecule has 0 saturated carbocycles. The molecule has 25 heavy (non-hydrogen) atoms. The van der Waals surface area contributed by atoms with E-state index in [2.05, 4.69) is 35.3 Å². The molecule has 0 fully saturated rings. The fourth-order valence-electron chi connectivity index (χ4n) is 2.49. The molecule has 0 atom stereocenters. The van der Waals surface area contributed by atoms with Crippen LogP contribution >= 0.6 is 0 Å². The zero-order valence-electron chi connectivity index (χ0n) is 14.8. The van der Waals surface area contributed by atoms with E-state index in [4.69, 9.17) is 0 Å². The highest BCUT2D eigenvalue weighted by Crippen LogP contribution is 2.14. The second-order valence-electron chi connectivity index (χ2n) is 5.99. The number of para-hydroxylation sites is 1. The predicted molar refractivity (Wildman–Crippen MR) is 107 cm³/mol. The van der Waals surface area contributed by atoms with E-state index < -0.39 is 0 Å². The van der Waals surface area contributed by atoms with Gasteiger partial charge in [0.25, 0.3) is 0 Å². The van der Waals surface area contributed by atoms with Crippen molar-refractivity contribution in [3.63, 3.8) is 0 Å². The van der Waals surface area contributed by atoms with E-state index in [0.29, 0.717) is 5.56 Å². The first kappa shape index (κ1) is 18.7. The number of benzene rings is 2. The first-order valence-corrected chi connectivity index (χ1v) is 8.89. The maximum absolute atomic E-state index is 9.73.